The summed E-state index contributed by atoms with van der Waals surface area (Å²) < 4.78 is 55.0. The van der Waals surface area contributed by atoms with Crippen molar-refractivity contribution >= 4 is 5.97 Å². The number of halogens is 4. The molecule has 0 saturated heterocycles. The average molecular weight is 264 g/mol. The van der Waals surface area contributed by atoms with Gasteiger partial charge in [-0.25, -0.2) is 4.39 Å². The predicted octanol–water partition coefficient (Wildman–Crippen LogP) is 3.80. The molecule has 1 aromatic carbocycles. The van der Waals surface area contributed by atoms with E-state index in [9.17, 15) is 22.4 Å². The quantitative estimate of drug-likeness (QED) is 0.471. The highest BCUT2D eigenvalue weighted by molar-refractivity contribution is 5.74. The Morgan fingerprint density at radius 1 is 1.39 bits per heavy atom. The van der Waals surface area contributed by atoms with Gasteiger partial charge in [0.15, 0.2) is 0 Å². The molecule has 0 bridgehead atoms. The average Bonchev–Trinajstić information content (AvgIpc) is 2.29. The van der Waals surface area contributed by atoms with Crippen molar-refractivity contribution in [2.45, 2.75) is 26.4 Å². The number of esters is 1. The normalized spacial score (nSPS) is 13.2. The summed E-state index contributed by atoms with van der Waals surface area (Å²) in [7, 11) is 0. The first-order valence-electron chi connectivity index (χ1n) is 5.34. The summed E-state index contributed by atoms with van der Waals surface area (Å²) in [6.45, 7) is 3.34. The van der Waals surface area contributed by atoms with Crippen molar-refractivity contribution < 1.29 is 27.1 Å². The second kappa shape index (κ2) is 5.37. The molecule has 1 aromatic rings. The van der Waals surface area contributed by atoms with Gasteiger partial charge >= 0.3 is 12.1 Å². The summed E-state index contributed by atoms with van der Waals surface area (Å²) in [5.41, 5.74) is -1.45. The number of benzene rings is 1. The van der Waals surface area contributed by atoms with Crippen LogP contribution in [0.4, 0.5) is 17.6 Å². The van der Waals surface area contributed by atoms with Crippen molar-refractivity contribution in [1.82, 2.24) is 0 Å². The number of hydrogen-bond acceptors (Lipinski definition) is 2. The third-order valence-corrected chi connectivity index (χ3v) is 2.48. The molecule has 0 fully saturated rings. The molecule has 0 spiro atoms. The van der Waals surface area contributed by atoms with E-state index in [-0.39, 0.29) is 5.75 Å². The smallest absolute Gasteiger partial charge is 0.419 e. The first-order chi connectivity index (χ1) is 8.25. The van der Waals surface area contributed by atoms with E-state index in [0.717, 1.165) is 6.07 Å². The molecule has 1 rings (SSSR count). The van der Waals surface area contributed by atoms with E-state index in [1.54, 1.807) is 13.8 Å². The molecule has 0 N–H and O–H groups in total. The SMILES string of the molecule is CCC(C)C(=O)Oc1ccc(F)c(C(F)(F)F)c1. The lowest BCUT2D eigenvalue weighted by atomic mass is 10.1. The fraction of sp³-hybridized carbons (Fsp3) is 0.417. The predicted molar refractivity (Wildman–Crippen MR) is 56.5 cm³/mol. The van der Waals surface area contributed by atoms with Crippen molar-refractivity contribution in [2.75, 3.05) is 0 Å². The topological polar surface area (TPSA) is 26.3 Å². The summed E-state index contributed by atoms with van der Waals surface area (Å²) in [4.78, 5) is 11.4. The Kier molecular flexibility index (Phi) is 4.32. The molecule has 1 atom stereocenters. The number of alkyl halides is 3. The second-order valence-electron chi connectivity index (χ2n) is 3.87. The van der Waals surface area contributed by atoms with Gasteiger partial charge in [-0.3, -0.25) is 4.79 Å². The summed E-state index contributed by atoms with van der Waals surface area (Å²) >= 11 is 0. The lowest BCUT2D eigenvalue weighted by Gasteiger charge is -2.12. The van der Waals surface area contributed by atoms with E-state index in [1.165, 1.54) is 0 Å². The van der Waals surface area contributed by atoms with Crippen LogP contribution in [0.3, 0.4) is 0 Å². The maximum Gasteiger partial charge on any atom is 0.419 e. The lowest BCUT2D eigenvalue weighted by molar-refractivity contribution is -0.142. The number of carbonyl (C=O) groups is 1. The van der Waals surface area contributed by atoms with E-state index in [2.05, 4.69) is 0 Å². The highest BCUT2D eigenvalue weighted by Gasteiger charge is 2.34. The molecule has 0 aliphatic rings. The van der Waals surface area contributed by atoms with Gasteiger partial charge in [-0.05, 0) is 24.6 Å². The van der Waals surface area contributed by atoms with E-state index >= 15 is 0 Å². The Morgan fingerprint density at radius 3 is 2.50 bits per heavy atom. The molecule has 6 heteroatoms. The van der Waals surface area contributed by atoms with Crippen LogP contribution in [0.15, 0.2) is 18.2 Å². The summed E-state index contributed by atoms with van der Waals surface area (Å²) in [5.74, 6) is -2.78. The fourth-order valence-electron chi connectivity index (χ4n) is 1.17. The van der Waals surface area contributed by atoms with Crippen molar-refractivity contribution in [2.24, 2.45) is 5.92 Å². The van der Waals surface area contributed by atoms with Gasteiger partial charge in [-0.1, -0.05) is 13.8 Å². The monoisotopic (exact) mass is 264 g/mol. The Bertz CT molecular complexity index is 440. The molecule has 18 heavy (non-hydrogen) atoms. The Morgan fingerprint density at radius 2 is 2.00 bits per heavy atom. The number of carbonyl (C=O) groups excluding carboxylic acids is 1. The zero-order valence-electron chi connectivity index (χ0n) is 9.84. The van der Waals surface area contributed by atoms with Gasteiger partial charge in [0.05, 0.1) is 11.5 Å². The molecule has 1 unspecified atom stereocenters. The lowest BCUT2D eigenvalue weighted by Crippen LogP contribution is -2.17. The maximum atomic E-state index is 13.0. The van der Waals surface area contributed by atoms with Gasteiger partial charge in [-0.2, -0.15) is 13.2 Å². The molecule has 2 nitrogen and oxygen atoms in total. The molecule has 0 aromatic heterocycles. The first-order valence-corrected chi connectivity index (χ1v) is 5.34. The van der Waals surface area contributed by atoms with Crippen molar-refractivity contribution in [3.05, 3.63) is 29.6 Å². The van der Waals surface area contributed by atoms with Crippen molar-refractivity contribution in [1.29, 1.82) is 0 Å². The van der Waals surface area contributed by atoms with Crippen LogP contribution in [0.1, 0.15) is 25.8 Å². The van der Waals surface area contributed by atoms with Gasteiger partial charge in [0.25, 0.3) is 0 Å². The van der Waals surface area contributed by atoms with Crippen LogP contribution >= 0.6 is 0 Å². The van der Waals surface area contributed by atoms with Crippen LogP contribution in [0.25, 0.3) is 0 Å². The van der Waals surface area contributed by atoms with Crippen LogP contribution in [-0.2, 0) is 11.0 Å². The summed E-state index contributed by atoms with van der Waals surface area (Å²) in [5, 5.41) is 0. The van der Waals surface area contributed by atoms with E-state index in [4.69, 9.17) is 4.74 Å². The molecule has 100 valence electrons. The van der Waals surface area contributed by atoms with Gasteiger partial charge in [0.2, 0.25) is 0 Å². The highest BCUT2D eigenvalue weighted by Crippen LogP contribution is 2.33. The minimum absolute atomic E-state index is 0.311. The zero-order chi connectivity index (χ0) is 13.9. The maximum absolute atomic E-state index is 13.0. The molecular weight excluding hydrogens is 252 g/mol. The molecule has 0 saturated carbocycles. The minimum Gasteiger partial charge on any atom is -0.426 e. The largest absolute Gasteiger partial charge is 0.426 e. The molecule has 0 aliphatic heterocycles. The second-order valence-corrected chi connectivity index (χ2v) is 3.87. The summed E-state index contributed by atoms with van der Waals surface area (Å²) in [6, 6.07) is 2.10. The van der Waals surface area contributed by atoms with Crippen molar-refractivity contribution in [3.63, 3.8) is 0 Å². The fourth-order valence-corrected chi connectivity index (χ4v) is 1.17. The number of rotatable bonds is 3. The van der Waals surface area contributed by atoms with Crippen LogP contribution in [0, 0.1) is 11.7 Å². The summed E-state index contributed by atoms with van der Waals surface area (Å²) in [6.07, 6.45) is -4.31. The Labute approximate surface area is 102 Å². The molecule has 0 aliphatic carbocycles. The van der Waals surface area contributed by atoms with Gasteiger partial charge in [0, 0.05) is 0 Å². The number of ether oxygens (including phenoxy) is 1. The van der Waals surface area contributed by atoms with Crippen molar-refractivity contribution in [3.8, 4) is 5.75 Å². The zero-order valence-corrected chi connectivity index (χ0v) is 9.84. The van der Waals surface area contributed by atoms with E-state index in [0.29, 0.717) is 18.6 Å². The third kappa shape index (κ3) is 3.45. The third-order valence-electron chi connectivity index (χ3n) is 2.48. The molecule has 0 amide bonds. The van der Waals surface area contributed by atoms with Gasteiger partial charge in [-0.15, -0.1) is 0 Å². The first kappa shape index (κ1) is 14.5. The number of hydrogen-bond donors (Lipinski definition) is 0. The van der Waals surface area contributed by atoms with Crippen LogP contribution < -0.4 is 4.74 Å². The molecular formula is C12H12F4O2. The van der Waals surface area contributed by atoms with Crippen LogP contribution in [0.2, 0.25) is 0 Å². The Hall–Kier alpha value is -1.59. The van der Waals surface area contributed by atoms with E-state index in [1.807, 2.05) is 0 Å². The Balaban J connectivity index is 2.96. The highest BCUT2D eigenvalue weighted by atomic mass is 19.4. The van der Waals surface area contributed by atoms with Gasteiger partial charge in [0.1, 0.15) is 11.6 Å². The van der Waals surface area contributed by atoms with Crippen LogP contribution in [-0.4, -0.2) is 5.97 Å². The van der Waals surface area contributed by atoms with E-state index < -0.39 is 29.4 Å². The minimum atomic E-state index is -4.82. The standard InChI is InChI=1S/C12H12F4O2/c1-3-7(2)11(17)18-8-4-5-10(13)9(6-8)12(14,15)16/h4-7H,3H2,1-2H3. The van der Waals surface area contributed by atoms with Crippen LogP contribution in [0.5, 0.6) is 5.75 Å². The molecule has 0 heterocycles. The van der Waals surface area contributed by atoms with Gasteiger partial charge < -0.3 is 4.74 Å². The molecule has 0 radical (unpaired) electrons.